The van der Waals surface area contributed by atoms with Crippen LogP contribution >= 0.6 is 0 Å². The van der Waals surface area contributed by atoms with Crippen LogP contribution in [0.1, 0.15) is 47.2 Å². The van der Waals surface area contributed by atoms with Crippen LogP contribution in [-0.4, -0.2) is 15.0 Å². The minimum Gasteiger partial charge on any atom is -0.208 e. The molecule has 10 aromatic rings. The van der Waals surface area contributed by atoms with Gasteiger partial charge in [0.15, 0.2) is 17.5 Å². The van der Waals surface area contributed by atoms with E-state index in [4.69, 9.17) is 15.0 Å². The summed E-state index contributed by atoms with van der Waals surface area (Å²) in [5.41, 5.74) is 19.5. The molecule has 0 atom stereocenters. The van der Waals surface area contributed by atoms with Crippen LogP contribution in [0.25, 0.3) is 78.7 Å². The summed E-state index contributed by atoms with van der Waals surface area (Å²) in [7, 11) is 0. The lowest BCUT2D eigenvalue weighted by molar-refractivity contribution is 0.660. The van der Waals surface area contributed by atoms with Gasteiger partial charge in [-0.15, -0.1) is 0 Å². The van der Waals surface area contributed by atoms with Crippen molar-refractivity contribution in [3.63, 3.8) is 0 Å². The van der Waals surface area contributed by atoms with E-state index in [1.807, 2.05) is 24.3 Å². The second kappa shape index (κ2) is 14.8. The second-order valence-electron chi connectivity index (χ2n) is 17.5. The average molecular weight is 818 g/mol. The van der Waals surface area contributed by atoms with E-state index >= 15 is 0 Å². The Balaban J connectivity index is 1.08. The van der Waals surface area contributed by atoms with Gasteiger partial charge in [-0.25, -0.2) is 15.0 Å². The van der Waals surface area contributed by atoms with Gasteiger partial charge in [0.25, 0.3) is 0 Å². The van der Waals surface area contributed by atoms with Crippen molar-refractivity contribution in [1.29, 1.82) is 0 Å². The zero-order valence-corrected chi connectivity index (χ0v) is 35.7. The molecule has 1 heterocycles. The van der Waals surface area contributed by atoms with E-state index in [0.29, 0.717) is 17.5 Å². The van der Waals surface area contributed by atoms with Crippen molar-refractivity contribution in [2.24, 2.45) is 0 Å². The summed E-state index contributed by atoms with van der Waals surface area (Å²) >= 11 is 0. The van der Waals surface area contributed by atoms with Gasteiger partial charge in [-0.05, 0) is 96.1 Å². The summed E-state index contributed by atoms with van der Waals surface area (Å²) in [4.78, 5) is 15.7. The van der Waals surface area contributed by atoms with Crippen molar-refractivity contribution >= 4 is 0 Å². The molecule has 302 valence electrons. The van der Waals surface area contributed by atoms with E-state index < -0.39 is 5.41 Å². The first kappa shape index (κ1) is 37.7. The molecule has 1 aromatic heterocycles. The van der Waals surface area contributed by atoms with Gasteiger partial charge >= 0.3 is 0 Å². The Hall–Kier alpha value is -8.01. The Morgan fingerprint density at radius 3 is 1.36 bits per heavy atom. The third kappa shape index (κ3) is 5.85. The third-order valence-electron chi connectivity index (χ3n) is 13.6. The van der Waals surface area contributed by atoms with Crippen molar-refractivity contribution < 1.29 is 0 Å². The maximum absolute atomic E-state index is 5.30. The minimum atomic E-state index is -0.642. The van der Waals surface area contributed by atoms with Gasteiger partial charge < -0.3 is 0 Å². The molecule has 12 rings (SSSR count). The van der Waals surface area contributed by atoms with Crippen LogP contribution < -0.4 is 0 Å². The molecule has 0 radical (unpaired) electrons. The minimum absolute atomic E-state index is 0.0941. The zero-order chi connectivity index (χ0) is 42.8. The van der Waals surface area contributed by atoms with Crippen LogP contribution in [0.5, 0.6) is 0 Å². The molecule has 9 aromatic carbocycles. The van der Waals surface area contributed by atoms with Gasteiger partial charge in [-0.1, -0.05) is 220 Å². The molecular weight excluding hydrogens is 775 g/mol. The van der Waals surface area contributed by atoms with Crippen molar-refractivity contribution in [1.82, 2.24) is 15.0 Å². The van der Waals surface area contributed by atoms with Crippen LogP contribution in [0.15, 0.2) is 224 Å². The van der Waals surface area contributed by atoms with Gasteiger partial charge in [0.2, 0.25) is 0 Å². The van der Waals surface area contributed by atoms with Crippen LogP contribution in [0.3, 0.4) is 0 Å². The van der Waals surface area contributed by atoms with Gasteiger partial charge in [0, 0.05) is 22.1 Å². The maximum Gasteiger partial charge on any atom is 0.164 e. The molecule has 64 heavy (non-hydrogen) atoms. The topological polar surface area (TPSA) is 38.7 Å². The first-order valence-corrected chi connectivity index (χ1v) is 22.1. The summed E-state index contributed by atoms with van der Waals surface area (Å²) < 4.78 is 0. The van der Waals surface area contributed by atoms with E-state index in [9.17, 15) is 0 Å². The number of hydrogen-bond donors (Lipinski definition) is 0. The maximum atomic E-state index is 5.30. The Kier molecular flexibility index (Phi) is 8.74. The molecule has 3 nitrogen and oxygen atoms in total. The molecule has 0 saturated carbocycles. The lowest BCUT2D eigenvalue weighted by Crippen LogP contribution is -2.28. The first-order valence-electron chi connectivity index (χ1n) is 22.1. The van der Waals surface area contributed by atoms with E-state index in [1.165, 1.54) is 66.8 Å². The van der Waals surface area contributed by atoms with Crippen molar-refractivity contribution in [3.05, 3.63) is 258 Å². The molecule has 0 N–H and O–H groups in total. The molecular formula is C61H43N3. The molecule has 0 amide bonds. The van der Waals surface area contributed by atoms with Gasteiger partial charge in [-0.2, -0.15) is 0 Å². The fourth-order valence-corrected chi connectivity index (χ4v) is 10.6. The third-order valence-corrected chi connectivity index (χ3v) is 13.6. The smallest absolute Gasteiger partial charge is 0.164 e. The van der Waals surface area contributed by atoms with E-state index in [1.54, 1.807) is 0 Å². The standard InChI is InChI=1S/C61H43N3/c1-60(2)52-31-16-15-29-51(52)56-48(30-18-32-53(56)60)43-33-35-49-50-36-34-45(39-55(50)61(54(49)38-43,46-25-11-5-12-26-46)47-27-13-6-14-28-47)59-63-57(41-21-9-4-10-22-41)62-58(64-59)44-24-17-23-42(37-44)40-19-7-3-8-20-40/h3-39H,1-2H3. The Bertz CT molecular complexity index is 3350. The van der Waals surface area contributed by atoms with Crippen LogP contribution in [0, 0.1) is 0 Å². The van der Waals surface area contributed by atoms with E-state index in [-0.39, 0.29) is 5.41 Å². The number of hydrogen-bond acceptors (Lipinski definition) is 3. The number of benzene rings is 9. The highest BCUT2D eigenvalue weighted by Crippen LogP contribution is 2.58. The fourth-order valence-electron chi connectivity index (χ4n) is 10.6. The largest absolute Gasteiger partial charge is 0.208 e. The van der Waals surface area contributed by atoms with Gasteiger partial charge in [-0.3, -0.25) is 0 Å². The highest BCUT2D eigenvalue weighted by atomic mass is 15.0. The Morgan fingerprint density at radius 2 is 0.719 bits per heavy atom. The molecule has 2 aliphatic carbocycles. The molecule has 0 fully saturated rings. The Labute approximate surface area is 374 Å². The number of nitrogens with zero attached hydrogens (tertiary/aromatic N) is 3. The fraction of sp³-hybridized carbons (Fsp3) is 0.0656. The zero-order valence-electron chi connectivity index (χ0n) is 35.7. The number of rotatable bonds is 7. The van der Waals surface area contributed by atoms with Crippen molar-refractivity contribution in [3.8, 4) is 78.7 Å². The van der Waals surface area contributed by atoms with Crippen molar-refractivity contribution in [2.75, 3.05) is 0 Å². The number of fused-ring (bicyclic) bond motifs is 6. The molecule has 2 aliphatic rings. The number of aromatic nitrogens is 3. The van der Waals surface area contributed by atoms with Crippen LogP contribution in [-0.2, 0) is 10.8 Å². The summed E-state index contributed by atoms with van der Waals surface area (Å²) in [5.74, 6) is 1.90. The summed E-state index contributed by atoms with van der Waals surface area (Å²) in [6.07, 6.45) is 0. The lowest BCUT2D eigenvalue weighted by atomic mass is 9.67. The predicted octanol–water partition coefficient (Wildman–Crippen LogP) is 14.9. The Morgan fingerprint density at radius 1 is 0.281 bits per heavy atom. The summed E-state index contributed by atoms with van der Waals surface area (Å²) in [6.45, 7) is 4.71. The highest BCUT2D eigenvalue weighted by molar-refractivity contribution is 5.95. The van der Waals surface area contributed by atoms with Gasteiger partial charge in [0.1, 0.15) is 0 Å². The molecule has 0 unspecified atom stereocenters. The summed E-state index contributed by atoms with van der Waals surface area (Å²) in [6, 6.07) is 81.1. The SMILES string of the molecule is CC1(C)c2ccccc2-c2c(-c3ccc4c(c3)C(c3ccccc3)(c3ccccc3)c3cc(-c5nc(-c6ccccc6)nc(-c6cccc(-c7ccccc7)c6)n5)ccc3-4)cccc21. The monoisotopic (exact) mass is 817 g/mol. The normalized spacial score (nSPS) is 13.7. The first-order chi connectivity index (χ1) is 31.5. The van der Waals surface area contributed by atoms with E-state index in [2.05, 4.69) is 214 Å². The van der Waals surface area contributed by atoms with Crippen LogP contribution in [0.2, 0.25) is 0 Å². The highest BCUT2D eigenvalue weighted by Gasteiger charge is 2.47. The molecule has 3 heteroatoms. The quantitative estimate of drug-likeness (QED) is 0.161. The average Bonchev–Trinajstić information content (AvgIpc) is 3.79. The lowest BCUT2D eigenvalue weighted by Gasteiger charge is -2.34. The van der Waals surface area contributed by atoms with Gasteiger partial charge in [0.05, 0.1) is 5.41 Å². The summed E-state index contributed by atoms with van der Waals surface area (Å²) in [5, 5.41) is 0. The molecule has 0 aliphatic heterocycles. The molecule has 0 saturated heterocycles. The van der Waals surface area contributed by atoms with E-state index in [0.717, 1.165) is 27.8 Å². The molecule has 0 spiro atoms. The van der Waals surface area contributed by atoms with Crippen LogP contribution in [0.4, 0.5) is 0 Å². The second-order valence-corrected chi connectivity index (χ2v) is 17.5. The molecule has 0 bridgehead atoms. The predicted molar refractivity (Wildman–Crippen MR) is 262 cm³/mol. The van der Waals surface area contributed by atoms with Crippen molar-refractivity contribution in [2.45, 2.75) is 24.7 Å².